The van der Waals surface area contributed by atoms with Gasteiger partial charge in [-0.3, -0.25) is 11.3 Å². The molecule has 0 aliphatic carbocycles. The molecule has 1 aliphatic heterocycles. The van der Waals surface area contributed by atoms with E-state index in [-0.39, 0.29) is 6.04 Å². The molecule has 2 rings (SSSR count). The van der Waals surface area contributed by atoms with Crippen LogP contribution in [0.2, 0.25) is 0 Å². The molecule has 18 heavy (non-hydrogen) atoms. The van der Waals surface area contributed by atoms with Crippen molar-refractivity contribution in [2.24, 2.45) is 5.84 Å². The Morgan fingerprint density at radius 3 is 3.00 bits per heavy atom. The maximum atomic E-state index is 5.60. The van der Waals surface area contributed by atoms with Crippen LogP contribution in [0, 0.1) is 0 Å². The van der Waals surface area contributed by atoms with Gasteiger partial charge in [-0.1, -0.05) is 0 Å². The highest BCUT2D eigenvalue weighted by Gasteiger charge is 2.19. The van der Waals surface area contributed by atoms with Crippen LogP contribution in [0.5, 0.6) is 5.88 Å². The quantitative estimate of drug-likeness (QED) is 0.579. The van der Waals surface area contributed by atoms with Gasteiger partial charge in [0, 0.05) is 12.7 Å². The van der Waals surface area contributed by atoms with Crippen molar-refractivity contribution in [2.45, 2.75) is 37.8 Å². The van der Waals surface area contributed by atoms with Crippen molar-refractivity contribution in [1.29, 1.82) is 0 Å². The first-order valence-electron chi connectivity index (χ1n) is 6.29. The fourth-order valence-electron chi connectivity index (χ4n) is 2.17. The lowest BCUT2D eigenvalue weighted by atomic mass is 10.0. The van der Waals surface area contributed by atoms with Crippen LogP contribution in [0.15, 0.2) is 12.1 Å². The average molecular weight is 252 g/mol. The van der Waals surface area contributed by atoms with E-state index in [1.165, 1.54) is 0 Å². The third-order valence-electron chi connectivity index (χ3n) is 3.23. The van der Waals surface area contributed by atoms with E-state index in [1.54, 1.807) is 13.2 Å². The second kappa shape index (κ2) is 6.63. The van der Waals surface area contributed by atoms with Gasteiger partial charge in [0.2, 0.25) is 5.88 Å². The summed E-state index contributed by atoms with van der Waals surface area (Å²) in [4.78, 5) is 0. The van der Waals surface area contributed by atoms with Gasteiger partial charge in [-0.2, -0.15) is 5.10 Å². The topological polar surface area (TPSA) is 82.3 Å². The van der Waals surface area contributed by atoms with Crippen molar-refractivity contribution in [1.82, 2.24) is 15.6 Å². The van der Waals surface area contributed by atoms with E-state index in [2.05, 4.69) is 15.6 Å². The van der Waals surface area contributed by atoms with E-state index < -0.39 is 0 Å². The third-order valence-corrected chi connectivity index (χ3v) is 3.23. The minimum Gasteiger partial charge on any atom is -0.480 e. The van der Waals surface area contributed by atoms with Crippen molar-refractivity contribution in [3.8, 4) is 5.88 Å². The molecule has 2 heterocycles. The average Bonchev–Trinajstić information content (AvgIpc) is 2.93. The van der Waals surface area contributed by atoms with Crippen LogP contribution < -0.4 is 16.0 Å². The number of nitrogens with zero attached hydrogens (tertiary/aromatic N) is 2. The van der Waals surface area contributed by atoms with Gasteiger partial charge in [0.1, 0.15) is 0 Å². The lowest BCUT2D eigenvalue weighted by Gasteiger charge is -2.17. The molecule has 1 aromatic rings. The molecule has 0 bridgehead atoms. The van der Waals surface area contributed by atoms with Gasteiger partial charge in [-0.15, -0.1) is 5.10 Å². The van der Waals surface area contributed by atoms with Crippen LogP contribution in [0.25, 0.3) is 0 Å². The number of hydrogen-bond donors (Lipinski definition) is 2. The zero-order chi connectivity index (χ0) is 12.8. The molecule has 1 fully saturated rings. The summed E-state index contributed by atoms with van der Waals surface area (Å²) in [6.07, 6.45) is 4.55. The van der Waals surface area contributed by atoms with E-state index in [0.717, 1.165) is 38.0 Å². The van der Waals surface area contributed by atoms with Gasteiger partial charge in [0.05, 0.1) is 24.9 Å². The van der Waals surface area contributed by atoms with Crippen LogP contribution in [0.3, 0.4) is 0 Å². The maximum absolute atomic E-state index is 5.60. The Hall–Kier alpha value is -1.24. The normalized spacial score (nSPS) is 20.9. The van der Waals surface area contributed by atoms with Crippen LogP contribution in [0.4, 0.5) is 0 Å². The number of hydrazine groups is 1. The molecule has 100 valence electrons. The van der Waals surface area contributed by atoms with Crippen molar-refractivity contribution in [3.63, 3.8) is 0 Å². The first-order valence-corrected chi connectivity index (χ1v) is 6.29. The van der Waals surface area contributed by atoms with E-state index in [9.17, 15) is 0 Å². The number of nitrogens with two attached hydrogens (primary N) is 1. The molecule has 0 aromatic carbocycles. The maximum Gasteiger partial charge on any atom is 0.233 e. The van der Waals surface area contributed by atoms with Crippen LogP contribution in [-0.4, -0.2) is 30.0 Å². The fourth-order valence-corrected chi connectivity index (χ4v) is 2.17. The zero-order valence-corrected chi connectivity index (χ0v) is 10.6. The summed E-state index contributed by atoms with van der Waals surface area (Å²) < 4.78 is 10.6. The SMILES string of the molecule is COc1ccc(C(CCC2CCCO2)NN)nn1. The minimum absolute atomic E-state index is 0.00704. The van der Waals surface area contributed by atoms with E-state index in [1.807, 2.05) is 6.07 Å². The molecule has 3 N–H and O–H groups in total. The van der Waals surface area contributed by atoms with Crippen LogP contribution >= 0.6 is 0 Å². The Bertz CT molecular complexity index is 352. The fraction of sp³-hybridized carbons (Fsp3) is 0.667. The Labute approximate surface area is 107 Å². The number of ether oxygens (including phenoxy) is 2. The summed E-state index contributed by atoms with van der Waals surface area (Å²) in [5, 5.41) is 8.05. The molecule has 2 unspecified atom stereocenters. The van der Waals surface area contributed by atoms with Gasteiger partial charge in [0.25, 0.3) is 0 Å². The Morgan fingerprint density at radius 1 is 1.56 bits per heavy atom. The molecular formula is C12H20N4O2. The lowest BCUT2D eigenvalue weighted by molar-refractivity contribution is 0.0994. The molecule has 6 nitrogen and oxygen atoms in total. The van der Waals surface area contributed by atoms with Gasteiger partial charge in [-0.25, -0.2) is 0 Å². The third kappa shape index (κ3) is 3.38. The standard InChI is InChI=1S/C12H20N4O2/c1-17-12-7-6-11(15-16-12)10(14-13)5-4-9-3-2-8-18-9/h6-7,9-10,14H,2-5,8,13H2,1H3. The first kappa shape index (κ1) is 13.2. The Balaban J connectivity index is 1.89. The highest BCUT2D eigenvalue weighted by molar-refractivity contribution is 5.13. The molecule has 2 atom stereocenters. The zero-order valence-electron chi connectivity index (χ0n) is 10.6. The second-order valence-corrected chi connectivity index (χ2v) is 4.43. The first-order chi connectivity index (χ1) is 8.83. The lowest BCUT2D eigenvalue weighted by Crippen LogP contribution is -2.29. The smallest absolute Gasteiger partial charge is 0.233 e. The molecule has 0 spiro atoms. The monoisotopic (exact) mass is 252 g/mol. The Kier molecular flexibility index (Phi) is 4.86. The van der Waals surface area contributed by atoms with E-state index >= 15 is 0 Å². The van der Waals surface area contributed by atoms with Crippen molar-refractivity contribution in [3.05, 3.63) is 17.8 Å². The van der Waals surface area contributed by atoms with Crippen molar-refractivity contribution >= 4 is 0 Å². The number of rotatable bonds is 6. The summed E-state index contributed by atoms with van der Waals surface area (Å²) in [6.45, 7) is 0.883. The predicted octanol–water partition coefficient (Wildman–Crippen LogP) is 0.949. The summed E-state index contributed by atoms with van der Waals surface area (Å²) in [5.74, 6) is 6.08. The van der Waals surface area contributed by atoms with Crippen LogP contribution in [-0.2, 0) is 4.74 Å². The highest BCUT2D eigenvalue weighted by atomic mass is 16.5. The Morgan fingerprint density at radius 2 is 2.44 bits per heavy atom. The largest absolute Gasteiger partial charge is 0.480 e. The van der Waals surface area contributed by atoms with Gasteiger partial charge in [-0.05, 0) is 31.7 Å². The number of hydrogen-bond acceptors (Lipinski definition) is 6. The molecule has 0 amide bonds. The molecule has 0 radical (unpaired) electrons. The second-order valence-electron chi connectivity index (χ2n) is 4.43. The van der Waals surface area contributed by atoms with Crippen molar-refractivity contribution < 1.29 is 9.47 Å². The molecular weight excluding hydrogens is 232 g/mol. The minimum atomic E-state index is 0.00704. The van der Waals surface area contributed by atoms with Gasteiger partial charge >= 0.3 is 0 Å². The molecule has 1 aliphatic rings. The van der Waals surface area contributed by atoms with Gasteiger partial charge < -0.3 is 9.47 Å². The number of aromatic nitrogens is 2. The van der Waals surface area contributed by atoms with Crippen LogP contribution in [0.1, 0.15) is 37.4 Å². The van der Waals surface area contributed by atoms with Gasteiger partial charge in [0.15, 0.2) is 0 Å². The van der Waals surface area contributed by atoms with Crippen molar-refractivity contribution in [2.75, 3.05) is 13.7 Å². The number of methoxy groups -OCH3 is 1. The summed E-state index contributed by atoms with van der Waals surface area (Å²) in [5.41, 5.74) is 3.61. The molecule has 0 saturated carbocycles. The molecule has 1 saturated heterocycles. The summed E-state index contributed by atoms with van der Waals surface area (Å²) in [7, 11) is 1.57. The highest BCUT2D eigenvalue weighted by Crippen LogP contribution is 2.22. The summed E-state index contributed by atoms with van der Waals surface area (Å²) in [6, 6.07) is 3.68. The predicted molar refractivity (Wildman–Crippen MR) is 66.9 cm³/mol. The molecule has 1 aromatic heterocycles. The van der Waals surface area contributed by atoms with E-state index in [0.29, 0.717) is 12.0 Å². The molecule has 6 heteroatoms. The van der Waals surface area contributed by atoms with E-state index in [4.69, 9.17) is 15.3 Å². The number of nitrogens with one attached hydrogen (secondary N) is 1. The summed E-state index contributed by atoms with van der Waals surface area (Å²) >= 11 is 0.